The molecule has 0 unspecified atom stereocenters. The van der Waals surface area contributed by atoms with E-state index in [1.54, 1.807) is 35.2 Å². The molecule has 8 nitrogen and oxygen atoms in total. The SMILES string of the molecule is CSc1n[nH]c(-n2ccc3nc4ccn(-c5ccc(C)cc5)c(=O)c4cc3c2=O)n1. The van der Waals surface area contributed by atoms with Crippen LogP contribution in [0.4, 0.5) is 0 Å². The van der Waals surface area contributed by atoms with Crippen molar-refractivity contribution in [2.24, 2.45) is 0 Å². The third kappa shape index (κ3) is 2.91. The summed E-state index contributed by atoms with van der Waals surface area (Å²) in [4.78, 5) is 35.0. The van der Waals surface area contributed by atoms with Crippen LogP contribution in [0.1, 0.15) is 5.56 Å². The summed E-state index contributed by atoms with van der Waals surface area (Å²) in [5.74, 6) is 0.316. The van der Waals surface area contributed by atoms with Crippen LogP contribution in [0.15, 0.2) is 69.6 Å². The number of benzene rings is 1. The second kappa shape index (κ2) is 6.96. The summed E-state index contributed by atoms with van der Waals surface area (Å²) in [7, 11) is 0. The van der Waals surface area contributed by atoms with E-state index in [9.17, 15) is 9.59 Å². The van der Waals surface area contributed by atoms with Gasteiger partial charge in [-0.3, -0.25) is 18.7 Å². The van der Waals surface area contributed by atoms with E-state index in [2.05, 4.69) is 20.2 Å². The fourth-order valence-electron chi connectivity index (χ4n) is 3.34. The summed E-state index contributed by atoms with van der Waals surface area (Å²) in [6.45, 7) is 1.99. The predicted molar refractivity (Wildman–Crippen MR) is 117 cm³/mol. The fraction of sp³-hybridized carbons (Fsp3) is 0.0952. The molecule has 0 aliphatic heterocycles. The molecule has 0 aliphatic carbocycles. The molecule has 0 atom stereocenters. The molecule has 0 saturated carbocycles. The van der Waals surface area contributed by atoms with Gasteiger partial charge in [0.2, 0.25) is 11.1 Å². The topological polar surface area (TPSA) is 98.5 Å². The quantitative estimate of drug-likeness (QED) is 0.359. The van der Waals surface area contributed by atoms with Crippen molar-refractivity contribution < 1.29 is 0 Å². The molecule has 1 N–H and O–H groups in total. The molecule has 9 heteroatoms. The lowest BCUT2D eigenvalue weighted by Crippen LogP contribution is -2.21. The van der Waals surface area contributed by atoms with Crippen LogP contribution in [-0.2, 0) is 0 Å². The van der Waals surface area contributed by atoms with Gasteiger partial charge in [-0.1, -0.05) is 29.5 Å². The summed E-state index contributed by atoms with van der Waals surface area (Å²) in [5.41, 5.74) is 2.36. The number of aromatic amines is 1. The average Bonchev–Trinajstić information content (AvgIpc) is 3.23. The van der Waals surface area contributed by atoms with Gasteiger partial charge in [0.05, 0.1) is 21.8 Å². The molecule has 5 rings (SSSR count). The van der Waals surface area contributed by atoms with Gasteiger partial charge in [0.25, 0.3) is 11.1 Å². The van der Waals surface area contributed by atoms with Gasteiger partial charge in [0.15, 0.2) is 0 Å². The summed E-state index contributed by atoms with van der Waals surface area (Å²) in [6.07, 6.45) is 5.15. The van der Waals surface area contributed by atoms with Crippen molar-refractivity contribution in [1.82, 2.24) is 29.3 Å². The first-order valence-corrected chi connectivity index (χ1v) is 10.4. The number of hydrogen-bond acceptors (Lipinski definition) is 6. The Kier molecular flexibility index (Phi) is 4.25. The number of nitrogens with one attached hydrogen (secondary N) is 1. The Morgan fingerprint density at radius 1 is 0.867 bits per heavy atom. The maximum Gasteiger partial charge on any atom is 0.266 e. The molecule has 30 heavy (non-hydrogen) atoms. The van der Waals surface area contributed by atoms with Crippen molar-refractivity contribution in [1.29, 1.82) is 0 Å². The number of hydrogen-bond donors (Lipinski definition) is 1. The van der Waals surface area contributed by atoms with Crippen molar-refractivity contribution in [3.05, 3.63) is 81.1 Å². The molecular weight excluding hydrogens is 400 g/mol. The summed E-state index contributed by atoms with van der Waals surface area (Å²) in [6, 6.07) is 12.8. The number of rotatable bonds is 3. The van der Waals surface area contributed by atoms with Crippen molar-refractivity contribution >= 4 is 33.6 Å². The van der Waals surface area contributed by atoms with Gasteiger partial charge in [-0.2, -0.15) is 4.98 Å². The summed E-state index contributed by atoms with van der Waals surface area (Å²) in [5, 5.41) is 8.06. The van der Waals surface area contributed by atoms with Gasteiger partial charge >= 0.3 is 0 Å². The molecule has 0 spiro atoms. The van der Waals surface area contributed by atoms with Gasteiger partial charge in [0.1, 0.15) is 0 Å². The molecule has 0 fully saturated rings. The van der Waals surface area contributed by atoms with E-state index in [0.29, 0.717) is 32.9 Å². The molecule has 4 heterocycles. The Morgan fingerprint density at radius 2 is 1.50 bits per heavy atom. The third-order valence-corrected chi connectivity index (χ3v) is 5.47. The van der Waals surface area contributed by atoms with E-state index in [-0.39, 0.29) is 11.1 Å². The molecule has 5 aromatic rings. The van der Waals surface area contributed by atoms with Crippen LogP contribution < -0.4 is 11.1 Å². The maximum atomic E-state index is 13.1. The molecule has 0 radical (unpaired) electrons. The predicted octanol–water partition coefficient (Wildman–Crippen LogP) is 2.84. The number of thioether (sulfide) groups is 1. The van der Waals surface area contributed by atoms with Crippen molar-refractivity contribution in [3.8, 4) is 11.6 Å². The van der Waals surface area contributed by atoms with E-state index >= 15 is 0 Å². The molecule has 0 aliphatic rings. The molecule has 0 amide bonds. The Morgan fingerprint density at radius 3 is 2.13 bits per heavy atom. The molecule has 0 saturated heterocycles. The van der Waals surface area contributed by atoms with Crippen molar-refractivity contribution in [2.45, 2.75) is 12.1 Å². The minimum absolute atomic E-state index is 0.232. The van der Waals surface area contributed by atoms with Crippen LogP contribution in [0.5, 0.6) is 0 Å². The fourth-order valence-corrected chi connectivity index (χ4v) is 3.65. The highest BCUT2D eigenvalue weighted by Gasteiger charge is 2.13. The summed E-state index contributed by atoms with van der Waals surface area (Å²) >= 11 is 1.37. The van der Waals surface area contributed by atoms with Crippen LogP contribution >= 0.6 is 11.8 Å². The summed E-state index contributed by atoms with van der Waals surface area (Å²) < 4.78 is 2.92. The lowest BCUT2D eigenvalue weighted by molar-refractivity contribution is 0.901. The Hall–Kier alpha value is -3.72. The highest BCUT2D eigenvalue weighted by molar-refractivity contribution is 7.98. The first-order chi connectivity index (χ1) is 14.5. The average molecular weight is 416 g/mol. The zero-order valence-electron chi connectivity index (χ0n) is 16.2. The number of nitrogens with zero attached hydrogens (tertiary/aromatic N) is 5. The van der Waals surface area contributed by atoms with Gasteiger partial charge < -0.3 is 0 Å². The zero-order valence-corrected chi connectivity index (χ0v) is 17.0. The molecule has 148 valence electrons. The largest absolute Gasteiger partial charge is 0.284 e. The lowest BCUT2D eigenvalue weighted by atomic mass is 10.1. The van der Waals surface area contributed by atoms with E-state index in [0.717, 1.165) is 11.3 Å². The number of pyridine rings is 3. The lowest BCUT2D eigenvalue weighted by Gasteiger charge is -2.09. The highest BCUT2D eigenvalue weighted by Crippen LogP contribution is 2.17. The van der Waals surface area contributed by atoms with Gasteiger partial charge in [-0.05, 0) is 43.5 Å². The second-order valence-electron chi connectivity index (χ2n) is 6.82. The van der Waals surface area contributed by atoms with Crippen LogP contribution in [0.3, 0.4) is 0 Å². The minimum Gasteiger partial charge on any atom is -0.284 e. The number of H-pyrrole nitrogens is 1. The highest BCUT2D eigenvalue weighted by atomic mass is 32.2. The molecule has 1 aromatic carbocycles. The van der Waals surface area contributed by atoms with E-state index in [1.165, 1.54) is 16.3 Å². The molecule has 4 aromatic heterocycles. The zero-order chi connectivity index (χ0) is 20.8. The number of aromatic nitrogens is 6. The van der Waals surface area contributed by atoms with E-state index in [1.807, 2.05) is 37.4 Å². The monoisotopic (exact) mass is 416 g/mol. The van der Waals surface area contributed by atoms with Crippen LogP contribution in [0.2, 0.25) is 0 Å². The Bertz CT molecular complexity index is 1530. The smallest absolute Gasteiger partial charge is 0.266 e. The van der Waals surface area contributed by atoms with Crippen LogP contribution in [-0.4, -0.2) is 35.6 Å². The number of fused-ring (bicyclic) bond motifs is 2. The third-order valence-electron chi connectivity index (χ3n) is 4.92. The van der Waals surface area contributed by atoms with E-state index < -0.39 is 0 Å². The normalized spacial score (nSPS) is 11.4. The Balaban J connectivity index is 1.74. The second-order valence-corrected chi connectivity index (χ2v) is 7.59. The van der Waals surface area contributed by atoms with Gasteiger partial charge in [-0.25, -0.2) is 10.1 Å². The van der Waals surface area contributed by atoms with Crippen molar-refractivity contribution in [2.75, 3.05) is 6.26 Å². The van der Waals surface area contributed by atoms with Crippen LogP contribution in [0.25, 0.3) is 33.4 Å². The van der Waals surface area contributed by atoms with Crippen molar-refractivity contribution in [3.63, 3.8) is 0 Å². The van der Waals surface area contributed by atoms with Gasteiger partial charge in [0, 0.05) is 18.1 Å². The Labute approximate surface area is 174 Å². The maximum absolute atomic E-state index is 13.1. The first kappa shape index (κ1) is 18.3. The standard InChI is InChI=1S/C21H16N6O2S/c1-12-3-5-13(6-4-12)26-9-7-16-14(18(26)28)11-15-17(22-16)8-10-27(19(15)29)20-23-21(30-2)25-24-20/h3-11H,1-2H3,(H,23,24,25). The number of aryl methyl sites for hydroxylation is 1. The molecular formula is C21H16N6O2S. The van der Waals surface area contributed by atoms with Crippen LogP contribution in [0, 0.1) is 6.92 Å². The minimum atomic E-state index is -0.323. The van der Waals surface area contributed by atoms with E-state index in [4.69, 9.17) is 0 Å². The first-order valence-electron chi connectivity index (χ1n) is 9.17. The van der Waals surface area contributed by atoms with Gasteiger partial charge in [-0.15, -0.1) is 5.10 Å². The molecule has 0 bridgehead atoms.